The summed E-state index contributed by atoms with van der Waals surface area (Å²) in [5.74, 6) is 0. The molecular formula is C14H21ClN4O. The molecule has 110 valence electrons. The molecule has 20 heavy (non-hydrogen) atoms. The molecule has 1 N–H and O–H groups in total. The lowest BCUT2D eigenvalue weighted by Crippen LogP contribution is -2.13. The van der Waals surface area contributed by atoms with Crippen molar-refractivity contribution in [1.82, 2.24) is 19.6 Å². The number of aromatic nitrogens is 4. The van der Waals surface area contributed by atoms with Gasteiger partial charge in [-0.2, -0.15) is 10.2 Å². The summed E-state index contributed by atoms with van der Waals surface area (Å²) in [6, 6.07) is 1.92. The lowest BCUT2D eigenvalue weighted by Gasteiger charge is -2.13. The monoisotopic (exact) mass is 296 g/mol. The van der Waals surface area contributed by atoms with E-state index in [-0.39, 0.29) is 0 Å². The van der Waals surface area contributed by atoms with E-state index in [9.17, 15) is 5.11 Å². The first kappa shape index (κ1) is 15.1. The van der Waals surface area contributed by atoms with Crippen LogP contribution in [0.15, 0.2) is 6.07 Å². The Morgan fingerprint density at radius 1 is 1.20 bits per heavy atom. The molecule has 0 saturated heterocycles. The second kappa shape index (κ2) is 5.97. The lowest BCUT2D eigenvalue weighted by molar-refractivity contribution is 0.164. The Kier molecular flexibility index (Phi) is 4.50. The highest BCUT2D eigenvalue weighted by molar-refractivity contribution is 6.31. The summed E-state index contributed by atoms with van der Waals surface area (Å²) in [7, 11) is 0. The standard InChI is InChI=1S/C14H21ClN4O/c1-5-18-11(7-9(3)16-18)13(20)8-12-14(15)10(4)17-19(12)6-2/h7,13,20H,5-6,8H2,1-4H3. The third kappa shape index (κ3) is 2.74. The number of rotatable bonds is 5. The molecule has 2 aromatic heterocycles. The second-order valence-corrected chi connectivity index (χ2v) is 5.29. The van der Waals surface area contributed by atoms with Crippen LogP contribution in [-0.2, 0) is 19.5 Å². The molecule has 0 radical (unpaired) electrons. The zero-order valence-electron chi connectivity index (χ0n) is 12.4. The van der Waals surface area contributed by atoms with Crippen molar-refractivity contribution in [3.8, 4) is 0 Å². The summed E-state index contributed by atoms with van der Waals surface area (Å²) in [6.45, 7) is 9.30. The van der Waals surface area contributed by atoms with Crippen LogP contribution in [0.1, 0.15) is 42.7 Å². The SMILES string of the molecule is CCn1nc(C)cc1C(O)Cc1c(Cl)c(C)nn1CC. The minimum absolute atomic E-state index is 0.443. The number of aryl methyl sites for hydroxylation is 4. The van der Waals surface area contributed by atoms with Crippen LogP contribution in [0.2, 0.25) is 5.02 Å². The maximum atomic E-state index is 10.5. The summed E-state index contributed by atoms with van der Waals surface area (Å²) in [5.41, 5.74) is 3.41. The van der Waals surface area contributed by atoms with Crippen molar-refractivity contribution in [3.63, 3.8) is 0 Å². The predicted octanol–water partition coefficient (Wildman–Crippen LogP) is 2.67. The Morgan fingerprint density at radius 2 is 1.85 bits per heavy atom. The number of aliphatic hydroxyl groups excluding tert-OH is 1. The van der Waals surface area contributed by atoms with Crippen molar-refractivity contribution in [3.05, 3.63) is 33.9 Å². The number of aliphatic hydroxyl groups is 1. The van der Waals surface area contributed by atoms with Gasteiger partial charge < -0.3 is 5.11 Å². The molecule has 6 heteroatoms. The van der Waals surface area contributed by atoms with Gasteiger partial charge in [-0.3, -0.25) is 9.36 Å². The van der Waals surface area contributed by atoms with Crippen molar-refractivity contribution >= 4 is 11.6 Å². The summed E-state index contributed by atoms with van der Waals surface area (Å²) in [5, 5.41) is 19.9. The number of hydrogen-bond acceptors (Lipinski definition) is 3. The molecule has 0 aliphatic heterocycles. The van der Waals surface area contributed by atoms with E-state index in [0.717, 1.165) is 35.9 Å². The van der Waals surface area contributed by atoms with Crippen LogP contribution in [0.25, 0.3) is 0 Å². The van der Waals surface area contributed by atoms with Gasteiger partial charge in [0.05, 0.1) is 27.8 Å². The van der Waals surface area contributed by atoms with E-state index in [0.29, 0.717) is 11.4 Å². The van der Waals surface area contributed by atoms with Crippen molar-refractivity contribution in [2.24, 2.45) is 0 Å². The van der Waals surface area contributed by atoms with E-state index >= 15 is 0 Å². The normalized spacial score (nSPS) is 12.9. The molecular weight excluding hydrogens is 276 g/mol. The van der Waals surface area contributed by atoms with Gasteiger partial charge in [0.15, 0.2) is 0 Å². The summed E-state index contributed by atoms with van der Waals surface area (Å²) in [4.78, 5) is 0. The first-order valence-corrected chi connectivity index (χ1v) is 7.29. The number of nitrogens with zero attached hydrogens (tertiary/aromatic N) is 4. The lowest BCUT2D eigenvalue weighted by atomic mass is 10.1. The molecule has 1 atom stereocenters. The third-order valence-electron chi connectivity index (χ3n) is 3.41. The van der Waals surface area contributed by atoms with Gasteiger partial charge in [-0.05, 0) is 33.8 Å². The van der Waals surface area contributed by atoms with E-state index < -0.39 is 6.10 Å². The predicted molar refractivity (Wildman–Crippen MR) is 78.9 cm³/mol. The van der Waals surface area contributed by atoms with Crippen LogP contribution >= 0.6 is 11.6 Å². The van der Waals surface area contributed by atoms with Gasteiger partial charge in [0.1, 0.15) is 6.10 Å². The topological polar surface area (TPSA) is 55.9 Å². The maximum Gasteiger partial charge on any atom is 0.101 e. The molecule has 0 amide bonds. The highest BCUT2D eigenvalue weighted by Crippen LogP contribution is 2.26. The molecule has 0 spiro atoms. The van der Waals surface area contributed by atoms with Gasteiger partial charge in [-0.1, -0.05) is 11.6 Å². The third-order valence-corrected chi connectivity index (χ3v) is 3.91. The van der Waals surface area contributed by atoms with Gasteiger partial charge in [-0.25, -0.2) is 0 Å². The molecule has 0 fully saturated rings. The van der Waals surface area contributed by atoms with Crippen LogP contribution in [0.5, 0.6) is 0 Å². The van der Waals surface area contributed by atoms with Gasteiger partial charge in [0.25, 0.3) is 0 Å². The number of halogens is 1. The van der Waals surface area contributed by atoms with E-state index in [1.165, 1.54) is 0 Å². The van der Waals surface area contributed by atoms with Gasteiger partial charge >= 0.3 is 0 Å². The Morgan fingerprint density at radius 3 is 2.45 bits per heavy atom. The Labute approximate surface area is 124 Å². The zero-order valence-corrected chi connectivity index (χ0v) is 13.1. The molecule has 0 saturated carbocycles. The number of hydrogen-bond donors (Lipinski definition) is 1. The fourth-order valence-corrected chi connectivity index (χ4v) is 2.65. The minimum atomic E-state index is -0.630. The van der Waals surface area contributed by atoms with Crippen molar-refractivity contribution < 1.29 is 5.11 Å². The average Bonchev–Trinajstić information content (AvgIpc) is 2.93. The molecule has 1 unspecified atom stereocenters. The molecule has 0 aliphatic rings. The zero-order chi connectivity index (χ0) is 14.9. The summed E-state index contributed by atoms with van der Waals surface area (Å²) < 4.78 is 3.67. The van der Waals surface area contributed by atoms with Crippen molar-refractivity contribution in [1.29, 1.82) is 0 Å². The Hall–Kier alpha value is -1.33. The van der Waals surface area contributed by atoms with E-state index in [4.69, 9.17) is 11.6 Å². The Bertz CT molecular complexity index is 603. The van der Waals surface area contributed by atoms with Crippen LogP contribution in [-0.4, -0.2) is 24.7 Å². The van der Waals surface area contributed by atoms with E-state index in [1.54, 1.807) is 0 Å². The molecule has 5 nitrogen and oxygen atoms in total. The molecule has 0 aliphatic carbocycles. The fourth-order valence-electron chi connectivity index (χ4n) is 2.44. The van der Waals surface area contributed by atoms with Crippen LogP contribution in [0.4, 0.5) is 0 Å². The van der Waals surface area contributed by atoms with Gasteiger partial charge in [0.2, 0.25) is 0 Å². The smallest absolute Gasteiger partial charge is 0.101 e. The quantitative estimate of drug-likeness (QED) is 0.923. The van der Waals surface area contributed by atoms with Gasteiger partial charge in [-0.15, -0.1) is 0 Å². The van der Waals surface area contributed by atoms with E-state index in [1.807, 2.05) is 43.1 Å². The van der Waals surface area contributed by atoms with Crippen LogP contribution in [0.3, 0.4) is 0 Å². The van der Waals surface area contributed by atoms with Crippen molar-refractivity contribution in [2.45, 2.75) is 53.3 Å². The largest absolute Gasteiger partial charge is 0.386 e. The minimum Gasteiger partial charge on any atom is -0.386 e. The molecule has 2 aromatic rings. The summed E-state index contributed by atoms with van der Waals surface area (Å²) >= 11 is 6.29. The average molecular weight is 297 g/mol. The Balaban J connectivity index is 2.29. The van der Waals surface area contributed by atoms with Crippen LogP contribution in [0, 0.1) is 13.8 Å². The second-order valence-electron chi connectivity index (χ2n) is 4.91. The molecule has 0 bridgehead atoms. The molecule has 2 heterocycles. The van der Waals surface area contributed by atoms with Gasteiger partial charge in [0, 0.05) is 19.5 Å². The highest BCUT2D eigenvalue weighted by atomic mass is 35.5. The maximum absolute atomic E-state index is 10.5. The first-order chi connectivity index (χ1) is 9.47. The molecule has 2 rings (SSSR count). The van der Waals surface area contributed by atoms with E-state index in [2.05, 4.69) is 10.2 Å². The summed E-state index contributed by atoms with van der Waals surface area (Å²) in [6.07, 6.45) is -0.186. The fraction of sp³-hybridized carbons (Fsp3) is 0.571. The first-order valence-electron chi connectivity index (χ1n) is 6.92. The molecule has 0 aromatic carbocycles. The highest BCUT2D eigenvalue weighted by Gasteiger charge is 2.20. The van der Waals surface area contributed by atoms with Crippen LogP contribution < -0.4 is 0 Å². The van der Waals surface area contributed by atoms with Crippen molar-refractivity contribution in [2.75, 3.05) is 0 Å².